The van der Waals surface area contributed by atoms with Crippen LogP contribution in [0.25, 0.3) is 0 Å². The second kappa shape index (κ2) is 18.8. The van der Waals surface area contributed by atoms with Gasteiger partial charge in [0.25, 0.3) is 0 Å². The van der Waals surface area contributed by atoms with E-state index in [1.165, 1.54) is 103 Å². The molecule has 0 radical (unpaired) electrons. The summed E-state index contributed by atoms with van der Waals surface area (Å²) < 4.78 is 0. The van der Waals surface area contributed by atoms with Crippen molar-refractivity contribution < 1.29 is 0 Å². The van der Waals surface area contributed by atoms with Crippen LogP contribution in [0.2, 0.25) is 0 Å². The average Bonchev–Trinajstić information content (AvgIpc) is 2.87. The Labute approximate surface area is 242 Å². The highest BCUT2D eigenvalue weighted by Crippen LogP contribution is 2.42. The second-order valence-corrected chi connectivity index (χ2v) is 14.9. The summed E-state index contributed by atoms with van der Waals surface area (Å²) >= 11 is 0. The van der Waals surface area contributed by atoms with Gasteiger partial charge in [-0.25, -0.2) is 0 Å². The first-order chi connectivity index (χ1) is 18.0. The molecule has 0 amide bonds. The maximum atomic E-state index is 3.89. The van der Waals surface area contributed by atoms with Crippen molar-refractivity contribution in [2.75, 3.05) is 0 Å². The first-order valence-corrected chi connectivity index (χ1v) is 17.3. The lowest BCUT2D eigenvalue weighted by atomic mass is 9.69. The molecule has 0 fully saturated rings. The van der Waals surface area contributed by atoms with Gasteiger partial charge in [-0.15, -0.1) is 6.58 Å². The third-order valence-electron chi connectivity index (χ3n) is 11.1. The van der Waals surface area contributed by atoms with E-state index in [2.05, 4.69) is 81.9 Å². The average molecular weight is 529 g/mol. The van der Waals surface area contributed by atoms with E-state index in [0.29, 0.717) is 5.41 Å². The molecule has 1 rings (SSSR count). The molecule has 0 aromatic carbocycles. The molecule has 7 atom stereocenters. The number of hydrogen-bond acceptors (Lipinski definition) is 0. The van der Waals surface area contributed by atoms with Gasteiger partial charge in [0.1, 0.15) is 0 Å². The topological polar surface area (TPSA) is 0 Å². The fourth-order valence-corrected chi connectivity index (χ4v) is 7.76. The molecule has 0 aromatic heterocycles. The minimum Gasteiger partial charge on any atom is -0.103 e. The van der Waals surface area contributed by atoms with Crippen LogP contribution in [-0.2, 0) is 0 Å². The van der Waals surface area contributed by atoms with Gasteiger partial charge in [-0.3, -0.25) is 0 Å². The number of unbranched alkanes of at least 4 members (excludes halogenated alkanes) is 3. The van der Waals surface area contributed by atoms with Crippen LogP contribution in [0.3, 0.4) is 0 Å². The Kier molecular flexibility index (Phi) is 17.5. The largest absolute Gasteiger partial charge is 0.103 e. The third kappa shape index (κ3) is 12.8. The SMILES string of the molecule is C=CCCCCCC1=C(C)CCCC(C(CC)CC(CC)CCC(C)C(C)CC(CC)C(C)(C)C)C(C)C1. The highest BCUT2D eigenvalue weighted by atomic mass is 14.4. The van der Waals surface area contributed by atoms with E-state index in [9.17, 15) is 0 Å². The normalized spacial score (nSPS) is 23.3. The molecule has 0 saturated heterocycles. The molecule has 224 valence electrons. The lowest BCUT2D eigenvalue weighted by Crippen LogP contribution is -2.26. The Morgan fingerprint density at radius 1 is 0.921 bits per heavy atom. The van der Waals surface area contributed by atoms with Crippen molar-refractivity contribution in [3.8, 4) is 0 Å². The molecule has 0 heterocycles. The first kappa shape index (κ1) is 35.5. The Hall–Kier alpha value is -0.520. The number of hydrogen-bond donors (Lipinski definition) is 0. The molecular weight excluding hydrogens is 456 g/mol. The minimum atomic E-state index is 0.441. The highest BCUT2D eigenvalue weighted by molar-refractivity contribution is 5.14. The van der Waals surface area contributed by atoms with E-state index in [1.54, 1.807) is 5.57 Å². The van der Waals surface area contributed by atoms with Gasteiger partial charge >= 0.3 is 0 Å². The quantitative estimate of drug-likeness (QED) is 0.122. The van der Waals surface area contributed by atoms with Crippen LogP contribution in [0.1, 0.15) is 172 Å². The van der Waals surface area contributed by atoms with Crippen LogP contribution in [0.5, 0.6) is 0 Å². The van der Waals surface area contributed by atoms with E-state index in [1.807, 2.05) is 5.57 Å². The Morgan fingerprint density at radius 3 is 2.21 bits per heavy atom. The molecule has 1 aliphatic carbocycles. The standard InChI is InChI=1S/C38H72/c1-12-16-17-18-19-22-35-26-32(8)37(23-20-21-30(35)6)34(14-3)28-33(13-2)25-24-29(5)31(7)27-36(15-4)38(9,10)11/h12,29,31-34,36-37H,1,13-28H2,2-11H3. The van der Waals surface area contributed by atoms with Gasteiger partial charge in [-0.1, -0.05) is 118 Å². The molecule has 0 aromatic rings. The van der Waals surface area contributed by atoms with Crippen LogP contribution in [0, 0.1) is 46.8 Å². The van der Waals surface area contributed by atoms with Crippen molar-refractivity contribution in [1.82, 2.24) is 0 Å². The zero-order valence-electron chi connectivity index (χ0n) is 28.1. The van der Waals surface area contributed by atoms with Crippen LogP contribution in [-0.4, -0.2) is 0 Å². The van der Waals surface area contributed by atoms with Crippen molar-refractivity contribution in [3.63, 3.8) is 0 Å². The molecule has 1 aliphatic rings. The Balaban J connectivity index is 2.71. The predicted octanol–water partition coefficient (Wildman–Crippen LogP) is 13.2. The summed E-state index contributed by atoms with van der Waals surface area (Å²) in [4.78, 5) is 0. The lowest BCUT2D eigenvalue weighted by molar-refractivity contribution is 0.154. The maximum Gasteiger partial charge on any atom is -0.0289 e. The third-order valence-corrected chi connectivity index (χ3v) is 11.1. The summed E-state index contributed by atoms with van der Waals surface area (Å²) in [6.45, 7) is 28.7. The predicted molar refractivity (Wildman–Crippen MR) is 175 cm³/mol. The van der Waals surface area contributed by atoms with Gasteiger partial charge < -0.3 is 0 Å². The summed E-state index contributed by atoms with van der Waals surface area (Å²) in [6.07, 6.45) is 24.1. The van der Waals surface area contributed by atoms with E-state index in [4.69, 9.17) is 0 Å². The van der Waals surface area contributed by atoms with Crippen molar-refractivity contribution in [3.05, 3.63) is 23.8 Å². The lowest BCUT2D eigenvalue weighted by Gasteiger charge is -2.37. The molecule has 0 aliphatic heterocycles. The summed E-state index contributed by atoms with van der Waals surface area (Å²) in [5.74, 6) is 6.14. The molecule has 0 bridgehead atoms. The summed E-state index contributed by atoms with van der Waals surface area (Å²) in [6, 6.07) is 0. The van der Waals surface area contributed by atoms with Crippen molar-refractivity contribution in [2.24, 2.45) is 46.8 Å². The van der Waals surface area contributed by atoms with Crippen LogP contribution >= 0.6 is 0 Å². The molecule has 0 nitrogen and oxygen atoms in total. The molecule has 0 N–H and O–H groups in total. The number of rotatable bonds is 18. The first-order valence-electron chi connectivity index (χ1n) is 17.3. The van der Waals surface area contributed by atoms with E-state index in [-0.39, 0.29) is 0 Å². The number of allylic oxidation sites excluding steroid dienone is 3. The fourth-order valence-electron chi connectivity index (χ4n) is 7.76. The summed E-state index contributed by atoms with van der Waals surface area (Å²) in [5, 5.41) is 0. The summed E-state index contributed by atoms with van der Waals surface area (Å²) in [7, 11) is 0. The second-order valence-electron chi connectivity index (χ2n) is 14.9. The van der Waals surface area contributed by atoms with Crippen LogP contribution in [0.4, 0.5) is 0 Å². The monoisotopic (exact) mass is 529 g/mol. The smallest absolute Gasteiger partial charge is 0.0289 e. The molecule has 7 unspecified atom stereocenters. The van der Waals surface area contributed by atoms with Gasteiger partial charge in [-0.05, 0) is 118 Å². The van der Waals surface area contributed by atoms with Gasteiger partial charge in [0, 0.05) is 0 Å². The van der Waals surface area contributed by atoms with E-state index in [0.717, 1.165) is 41.4 Å². The fraction of sp³-hybridized carbons (Fsp3) is 0.895. The van der Waals surface area contributed by atoms with Crippen LogP contribution in [0.15, 0.2) is 23.8 Å². The Morgan fingerprint density at radius 2 is 1.63 bits per heavy atom. The molecule has 0 spiro atoms. The van der Waals surface area contributed by atoms with Gasteiger partial charge in [0.15, 0.2) is 0 Å². The summed E-state index contributed by atoms with van der Waals surface area (Å²) in [5.41, 5.74) is 4.00. The van der Waals surface area contributed by atoms with Gasteiger partial charge in [-0.2, -0.15) is 0 Å². The zero-order chi connectivity index (χ0) is 28.7. The van der Waals surface area contributed by atoms with Gasteiger partial charge in [0.05, 0.1) is 0 Å². The molecular formula is C38H72. The van der Waals surface area contributed by atoms with E-state index >= 15 is 0 Å². The molecule has 0 heteroatoms. The van der Waals surface area contributed by atoms with Crippen molar-refractivity contribution >= 4 is 0 Å². The highest BCUT2D eigenvalue weighted by Gasteiger charge is 2.30. The van der Waals surface area contributed by atoms with E-state index < -0.39 is 0 Å². The Bertz CT molecular complexity index is 645. The maximum absolute atomic E-state index is 3.89. The van der Waals surface area contributed by atoms with Gasteiger partial charge in [0.2, 0.25) is 0 Å². The van der Waals surface area contributed by atoms with Crippen molar-refractivity contribution in [1.29, 1.82) is 0 Å². The molecule has 38 heavy (non-hydrogen) atoms. The minimum absolute atomic E-state index is 0.441. The van der Waals surface area contributed by atoms with Crippen LogP contribution < -0.4 is 0 Å². The zero-order valence-corrected chi connectivity index (χ0v) is 28.1. The van der Waals surface area contributed by atoms with Crippen molar-refractivity contribution in [2.45, 2.75) is 172 Å². The molecule has 0 saturated carbocycles.